The van der Waals surface area contributed by atoms with Crippen molar-refractivity contribution >= 4 is 5.97 Å². The van der Waals surface area contributed by atoms with Gasteiger partial charge >= 0.3 is 12.1 Å². The lowest BCUT2D eigenvalue weighted by atomic mass is 9.99. The SMILES string of the molecule is Cc1ncc(C(F)(F)F)c(C(F)F)c1CC(=O)O. The molecule has 18 heavy (non-hydrogen) atoms. The van der Waals surface area contributed by atoms with Gasteiger partial charge < -0.3 is 5.11 Å². The van der Waals surface area contributed by atoms with E-state index in [4.69, 9.17) is 5.11 Å². The number of aliphatic carboxylic acids is 1. The van der Waals surface area contributed by atoms with Gasteiger partial charge in [-0.25, -0.2) is 8.78 Å². The maximum Gasteiger partial charge on any atom is 0.418 e. The first-order valence-electron chi connectivity index (χ1n) is 4.70. The molecule has 0 unspecified atom stereocenters. The van der Waals surface area contributed by atoms with Gasteiger partial charge in [0.15, 0.2) is 0 Å². The van der Waals surface area contributed by atoms with E-state index in [-0.39, 0.29) is 5.69 Å². The molecule has 0 aliphatic rings. The molecule has 0 fully saturated rings. The molecule has 1 rings (SSSR count). The van der Waals surface area contributed by atoms with E-state index in [2.05, 4.69) is 4.98 Å². The summed E-state index contributed by atoms with van der Waals surface area (Å²) in [5.41, 5.74) is -3.65. The highest BCUT2D eigenvalue weighted by molar-refractivity contribution is 5.71. The molecule has 0 saturated heterocycles. The number of nitrogens with zero attached hydrogens (tertiary/aromatic N) is 1. The molecule has 1 heterocycles. The number of alkyl halides is 5. The van der Waals surface area contributed by atoms with Crippen LogP contribution < -0.4 is 0 Å². The normalized spacial score (nSPS) is 11.9. The first-order chi connectivity index (χ1) is 8.14. The smallest absolute Gasteiger partial charge is 0.418 e. The first-order valence-corrected chi connectivity index (χ1v) is 4.70. The topological polar surface area (TPSA) is 50.2 Å². The van der Waals surface area contributed by atoms with Crippen molar-refractivity contribution in [1.82, 2.24) is 4.98 Å². The monoisotopic (exact) mass is 269 g/mol. The van der Waals surface area contributed by atoms with Gasteiger partial charge in [-0.2, -0.15) is 13.2 Å². The molecular weight excluding hydrogens is 261 g/mol. The fourth-order valence-electron chi connectivity index (χ4n) is 1.52. The zero-order chi connectivity index (χ0) is 14.1. The van der Waals surface area contributed by atoms with E-state index in [0.29, 0.717) is 6.20 Å². The van der Waals surface area contributed by atoms with Crippen LogP contribution in [-0.2, 0) is 17.4 Å². The molecule has 1 aromatic rings. The molecule has 8 heteroatoms. The van der Waals surface area contributed by atoms with Gasteiger partial charge in [-0.1, -0.05) is 0 Å². The third-order valence-electron chi connectivity index (χ3n) is 2.29. The van der Waals surface area contributed by atoms with Gasteiger partial charge in [0.25, 0.3) is 6.43 Å². The lowest BCUT2D eigenvalue weighted by molar-refractivity contribution is -0.140. The molecule has 3 nitrogen and oxygen atoms in total. The summed E-state index contributed by atoms with van der Waals surface area (Å²) in [7, 11) is 0. The lowest BCUT2D eigenvalue weighted by Gasteiger charge is -2.16. The van der Waals surface area contributed by atoms with Crippen LogP contribution in [-0.4, -0.2) is 16.1 Å². The molecule has 100 valence electrons. The van der Waals surface area contributed by atoms with E-state index >= 15 is 0 Å². The van der Waals surface area contributed by atoms with Crippen molar-refractivity contribution in [1.29, 1.82) is 0 Å². The number of halogens is 5. The highest BCUT2D eigenvalue weighted by Gasteiger charge is 2.38. The van der Waals surface area contributed by atoms with Crippen LogP contribution in [0.5, 0.6) is 0 Å². The second-order valence-electron chi connectivity index (χ2n) is 3.52. The maximum atomic E-state index is 12.7. The number of hydrogen-bond acceptors (Lipinski definition) is 2. The van der Waals surface area contributed by atoms with Gasteiger partial charge in [-0.05, 0) is 12.5 Å². The van der Waals surface area contributed by atoms with Crippen molar-refractivity contribution in [2.75, 3.05) is 0 Å². The van der Waals surface area contributed by atoms with E-state index in [1.807, 2.05) is 0 Å². The molecule has 1 N–H and O–H groups in total. The van der Waals surface area contributed by atoms with Crippen molar-refractivity contribution in [2.24, 2.45) is 0 Å². The van der Waals surface area contributed by atoms with E-state index in [9.17, 15) is 26.7 Å². The largest absolute Gasteiger partial charge is 0.481 e. The van der Waals surface area contributed by atoms with Gasteiger partial charge in [0.05, 0.1) is 12.0 Å². The molecule has 0 radical (unpaired) electrons. The van der Waals surface area contributed by atoms with Crippen molar-refractivity contribution < 1.29 is 31.9 Å². The van der Waals surface area contributed by atoms with Crippen molar-refractivity contribution in [2.45, 2.75) is 25.9 Å². The van der Waals surface area contributed by atoms with Crippen LogP contribution in [0.2, 0.25) is 0 Å². The number of rotatable bonds is 3. The van der Waals surface area contributed by atoms with E-state index in [1.165, 1.54) is 6.92 Å². The van der Waals surface area contributed by atoms with Gasteiger partial charge in [0.1, 0.15) is 0 Å². The zero-order valence-corrected chi connectivity index (χ0v) is 9.05. The quantitative estimate of drug-likeness (QED) is 0.858. The first kappa shape index (κ1) is 14.3. The molecule has 0 spiro atoms. The molecule has 0 aliphatic heterocycles. The van der Waals surface area contributed by atoms with E-state index in [0.717, 1.165) is 0 Å². The predicted octanol–water partition coefficient (Wildman–Crippen LogP) is 2.97. The minimum atomic E-state index is -5.00. The Morgan fingerprint density at radius 3 is 2.39 bits per heavy atom. The summed E-state index contributed by atoms with van der Waals surface area (Å²) in [6.07, 6.45) is -9.05. The minimum Gasteiger partial charge on any atom is -0.481 e. The molecule has 0 atom stereocenters. The van der Waals surface area contributed by atoms with Crippen LogP contribution in [0.25, 0.3) is 0 Å². The Morgan fingerprint density at radius 2 is 2.00 bits per heavy atom. The molecule has 0 aromatic carbocycles. The summed E-state index contributed by atoms with van der Waals surface area (Å²) >= 11 is 0. The van der Waals surface area contributed by atoms with Gasteiger partial charge in [-0.15, -0.1) is 0 Å². The molecule has 1 aromatic heterocycles. The third kappa shape index (κ3) is 2.93. The lowest BCUT2D eigenvalue weighted by Crippen LogP contribution is -2.16. The molecule has 0 bridgehead atoms. The van der Waals surface area contributed by atoms with Gasteiger partial charge in [0, 0.05) is 17.5 Å². The zero-order valence-electron chi connectivity index (χ0n) is 9.05. The average molecular weight is 269 g/mol. The number of carboxylic acid groups (broad SMARTS) is 1. The Morgan fingerprint density at radius 1 is 1.44 bits per heavy atom. The van der Waals surface area contributed by atoms with Gasteiger partial charge in [0.2, 0.25) is 0 Å². The summed E-state index contributed by atoms with van der Waals surface area (Å²) in [5, 5.41) is 8.54. The highest BCUT2D eigenvalue weighted by atomic mass is 19.4. The number of carboxylic acids is 1. The Hall–Kier alpha value is -1.73. The van der Waals surface area contributed by atoms with Crippen molar-refractivity contribution in [3.63, 3.8) is 0 Å². The molecule has 0 aliphatic carbocycles. The highest BCUT2D eigenvalue weighted by Crippen LogP contribution is 2.38. The van der Waals surface area contributed by atoms with Crippen LogP contribution in [0, 0.1) is 6.92 Å². The Bertz CT molecular complexity index is 470. The predicted molar refractivity (Wildman–Crippen MR) is 50.3 cm³/mol. The summed E-state index contributed by atoms with van der Waals surface area (Å²) in [6.45, 7) is 1.18. The molecule has 0 amide bonds. The second-order valence-corrected chi connectivity index (χ2v) is 3.52. The number of aromatic nitrogens is 1. The fraction of sp³-hybridized carbons (Fsp3) is 0.400. The number of carbonyl (C=O) groups is 1. The van der Waals surface area contributed by atoms with Crippen LogP contribution in [0.1, 0.15) is 28.8 Å². The van der Waals surface area contributed by atoms with E-state index in [1.54, 1.807) is 0 Å². The van der Waals surface area contributed by atoms with Crippen LogP contribution in [0.4, 0.5) is 22.0 Å². The Labute approximate surface area is 98.3 Å². The Balaban J connectivity index is 3.52. The van der Waals surface area contributed by atoms with Gasteiger partial charge in [-0.3, -0.25) is 9.78 Å². The molecular formula is C10H8F5NO2. The van der Waals surface area contributed by atoms with Crippen LogP contribution in [0.3, 0.4) is 0 Å². The molecule has 0 saturated carbocycles. The minimum absolute atomic E-state index is 0.152. The van der Waals surface area contributed by atoms with Crippen LogP contribution >= 0.6 is 0 Å². The number of aryl methyl sites for hydroxylation is 1. The summed E-state index contributed by atoms with van der Waals surface area (Å²) in [6, 6.07) is 0. The summed E-state index contributed by atoms with van der Waals surface area (Å²) < 4.78 is 63.1. The van der Waals surface area contributed by atoms with Crippen molar-refractivity contribution in [3.8, 4) is 0 Å². The summed E-state index contributed by atoms with van der Waals surface area (Å²) in [5.74, 6) is -1.50. The number of pyridine rings is 1. The second kappa shape index (κ2) is 4.87. The fourth-order valence-corrected chi connectivity index (χ4v) is 1.52. The standard InChI is InChI=1S/C10H8F5NO2/c1-4-5(2-7(17)18)8(9(11)12)6(3-16-4)10(13,14)15/h3,9H,2H2,1H3,(H,17,18). The third-order valence-corrected chi connectivity index (χ3v) is 2.29. The summed E-state index contributed by atoms with van der Waals surface area (Å²) in [4.78, 5) is 13.8. The van der Waals surface area contributed by atoms with Crippen molar-refractivity contribution in [3.05, 3.63) is 28.6 Å². The Kier molecular flexibility index (Phi) is 3.88. The van der Waals surface area contributed by atoms with E-state index < -0.39 is 41.7 Å². The average Bonchev–Trinajstić information content (AvgIpc) is 2.17. The maximum absolute atomic E-state index is 12.7. The van der Waals surface area contributed by atoms with Crippen LogP contribution in [0.15, 0.2) is 6.20 Å². The number of hydrogen-bond donors (Lipinski definition) is 1.